The first kappa shape index (κ1) is 18.3. The Kier molecular flexibility index (Phi) is 9.77. The Balaban J connectivity index is 0.00000324. The number of rotatable bonds is 6. The number of nitrogens with one attached hydrogen (secondary N) is 1. The van der Waals surface area contributed by atoms with E-state index in [1.165, 1.54) is 0 Å². The van der Waals surface area contributed by atoms with Crippen molar-refractivity contribution < 1.29 is 4.74 Å². The molecule has 0 spiro atoms. The Bertz CT molecular complexity index is 413. The van der Waals surface area contributed by atoms with Gasteiger partial charge in [0.15, 0.2) is 5.96 Å². The fourth-order valence-electron chi connectivity index (χ4n) is 1.43. The number of hydrogen-bond acceptors (Lipinski definition) is 2. The van der Waals surface area contributed by atoms with Crippen molar-refractivity contribution in [2.24, 2.45) is 10.7 Å². The molecular weight excluding hydrogens is 377 g/mol. The van der Waals surface area contributed by atoms with Crippen LogP contribution in [0.4, 0.5) is 0 Å². The fraction of sp³-hybridized carbons (Fsp3) is 0.462. The van der Waals surface area contributed by atoms with Crippen LogP contribution in [0.3, 0.4) is 0 Å². The highest BCUT2D eigenvalue weighted by molar-refractivity contribution is 14.0. The Morgan fingerprint density at radius 2 is 2.16 bits per heavy atom. The summed E-state index contributed by atoms with van der Waals surface area (Å²) < 4.78 is 5.52. The molecule has 0 aliphatic heterocycles. The molecule has 0 unspecified atom stereocenters. The maximum atomic E-state index is 5.93. The summed E-state index contributed by atoms with van der Waals surface area (Å²) in [4.78, 5) is 4.26. The number of benzene rings is 1. The van der Waals surface area contributed by atoms with E-state index in [1.54, 1.807) is 6.07 Å². The lowest BCUT2D eigenvalue weighted by Crippen LogP contribution is -2.32. The van der Waals surface area contributed by atoms with Gasteiger partial charge in [-0.1, -0.05) is 24.6 Å². The van der Waals surface area contributed by atoms with Crippen LogP contribution in [-0.2, 0) is 6.54 Å². The van der Waals surface area contributed by atoms with Crippen molar-refractivity contribution >= 4 is 41.5 Å². The van der Waals surface area contributed by atoms with Gasteiger partial charge < -0.3 is 15.8 Å². The third kappa shape index (κ3) is 6.87. The molecule has 0 aliphatic rings. The number of guanidine groups is 1. The third-order valence-corrected chi connectivity index (χ3v) is 2.54. The van der Waals surface area contributed by atoms with E-state index in [0.29, 0.717) is 24.1 Å². The summed E-state index contributed by atoms with van der Waals surface area (Å²) in [6.45, 7) is 5.92. The molecule has 0 saturated heterocycles. The van der Waals surface area contributed by atoms with Gasteiger partial charge in [0, 0.05) is 17.1 Å². The lowest BCUT2D eigenvalue weighted by Gasteiger charge is -2.09. The van der Waals surface area contributed by atoms with Crippen LogP contribution in [0.5, 0.6) is 5.75 Å². The van der Waals surface area contributed by atoms with E-state index in [-0.39, 0.29) is 24.0 Å². The number of nitrogens with two attached hydrogens (primary N) is 1. The predicted octanol–water partition coefficient (Wildman–Crippen LogP) is 3.17. The monoisotopic (exact) mass is 397 g/mol. The van der Waals surface area contributed by atoms with E-state index in [4.69, 9.17) is 22.1 Å². The second-order valence-electron chi connectivity index (χ2n) is 3.81. The zero-order chi connectivity index (χ0) is 13.4. The highest BCUT2D eigenvalue weighted by Crippen LogP contribution is 2.24. The summed E-state index contributed by atoms with van der Waals surface area (Å²) in [7, 11) is 0. The highest BCUT2D eigenvalue weighted by Gasteiger charge is 2.04. The zero-order valence-electron chi connectivity index (χ0n) is 11.3. The van der Waals surface area contributed by atoms with Crippen LogP contribution in [-0.4, -0.2) is 19.1 Å². The van der Waals surface area contributed by atoms with E-state index in [9.17, 15) is 0 Å². The average Bonchev–Trinajstić information content (AvgIpc) is 2.36. The maximum Gasteiger partial charge on any atom is 0.188 e. The van der Waals surface area contributed by atoms with Gasteiger partial charge in [0.25, 0.3) is 0 Å². The second-order valence-corrected chi connectivity index (χ2v) is 4.25. The van der Waals surface area contributed by atoms with Crippen molar-refractivity contribution in [1.82, 2.24) is 5.32 Å². The number of ether oxygens (including phenoxy) is 1. The van der Waals surface area contributed by atoms with Crippen LogP contribution < -0.4 is 15.8 Å². The van der Waals surface area contributed by atoms with E-state index in [0.717, 1.165) is 24.3 Å². The molecule has 6 heteroatoms. The summed E-state index contributed by atoms with van der Waals surface area (Å²) >= 11 is 5.93. The standard InChI is InChI=1S/C13H20ClN3O.HI/c1-3-7-16-13(15)17-9-10-5-6-11(14)8-12(10)18-4-2;/h5-6,8H,3-4,7,9H2,1-2H3,(H3,15,16,17);1H. The van der Waals surface area contributed by atoms with Crippen molar-refractivity contribution in [3.8, 4) is 5.75 Å². The summed E-state index contributed by atoms with van der Waals surface area (Å²) in [6.07, 6.45) is 1.02. The first-order valence-electron chi connectivity index (χ1n) is 6.12. The zero-order valence-corrected chi connectivity index (χ0v) is 14.4. The molecule has 3 N–H and O–H groups in total. The van der Waals surface area contributed by atoms with Crippen LogP contribution >= 0.6 is 35.6 Å². The Hall–Kier alpha value is -0.690. The molecule has 0 saturated carbocycles. The summed E-state index contributed by atoms with van der Waals surface area (Å²) in [5, 5.41) is 3.68. The van der Waals surface area contributed by atoms with Crippen molar-refractivity contribution in [1.29, 1.82) is 0 Å². The van der Waals surface area contributed by atoms with Crippen LogP contribution in [0.25, 0.3) is 0 Å². The molecule has 0 aromatic heterocycles. The van der Waals surface area contributed by atoms with Crippen molar-refractivity contribution in [3.05, 3.63) is 28.8 Å². The quantitative estimate of drug-likeness (QED) is 0.440. The van der Waals surface area contributed by atoms with E-state index >= 15 is 0 Å². The van der Waals surface area contributed by atoms with E-state index < -0.39 is 0 Å². The van der Waals surface area contributed by atoms with Crippen molar-refractivity contribution in [2.75, 3.05) is 13.2 Å². The van der Waals surface area contributed by atoms with Gasteiger partial charge in [0.1, 0.15) is 5.75 Å². The Morgan fingerprint density at radius 1 is 1.42 bits per heavy atom. The minimum absolute atomic E-state index is 0. The van der Waals surface area contributed by atoms with Gasteiger partial charge in [-0.3, -0.25) is 0 Å². The van der Waals surface area contributed by atoms with Crippen molar-refractivity contribution in [2.45, 2.75) is 26.8 Å². The molecule has 0 atom stereocenters. The first-order valence-corrected chi connectivity index (χ1v) is 6.50. The fourth-order valence-corrected chi connectivity index (χ4v) is 1.59. The lowest BCUT2D eigenvalue weighted by atomic mass is 10.2. The molecule has 19 heavy (non-hydrogen) atoms. The molecular formula is C13H21ClIN3O. The topological polar surface area (TPSA) is 59.6 Å². The summed E-state index contributed by atoms with van der Waals surface area (Å²) in [5.74, 6) is 1.21. The van der Waals surface area contributed by atoms with E-state index in [1.807, 2.05) is 19.1 Å². The summed E-state index contributed by atoms with van der Waals surface area (Å²) in [5.41, 5.74) is 6.71. The lowest BCUT2D eigenvalue weighted by molar-refractivity contribution is 0.336. The molecule has 0 heterocycles. The third-order valence-electron chi connectivity index (χ3n) is 2.30. The van der Waals surface area contributed by atoms with Crippen molar-refractivity contribution in [3.63, 3.8) is 0 Å². The minimum Gasteiger partial charge on any atom is -0.493 e. The van der Waals surface area contributed by atoms with Gasteiger partial charge in [-0.2, -0.15) is 0 Å². The largest absolute Gasteiger partial charge is 0.493 e. The molecule has 4 nitrogen and oxygen atoms in total. The van der Waals surface area contributed by atoms with Gasteiger partial charge >= 0.3 is 0 Å². The van der Waals surface area contributed by atoms with Gasteiger partial charge in [-0.05, 0) is 25.5 Å². The first-order chi connectivity index (χ1) is 8.67. The van der Waals surface area contributed by atoms with Gasteiger partial charge in [0.05, 0.1) is 13.2 Å². The molecule has 0 bridgehead atoms. The SMILES string of the molecule is CCCNC(N)=NCc1ccc(Cl)cc1OCC.I. The Morgan fingerprint density at radius 3 is 2.79 bits per heavy atom. The number of aliphatic imine (C=N–C) groups is 1. The van der Waals surface area contributed by atoms with E-state index in [2.05, 4.69) is 17.2 Å². The van der Waals surface area contributed by atoms with Crippen LogP contribution in [0, 0.1) is 0 Å². The van der Waals surface area contributed by atoms with Gasteiger partial charge in [0.2, 0.25) is 0 Å². The van der Waals surface area contributed by atoms with Gasteiger partial charge in [-0.25, -0.2) is 4.99 Å². The number of halogens is 2. The molecule has 0 amide bonds. The Labute approximate surface area is 136 Å². The normalized spacial score (nSPS) is 10.8. The average molecular weight is 398 g/mol. The maximum absolute atomic E-state index is 5.93. The molecule has 0 fully saturated rings. The number of nitrogens with zero attached hydrogens (tertiary/aromatic N) is 1. The smallest absolute Gasteiger partial charge is 0.188 e. The molecule has 0 radical (unpaired) electrons. The van der Waals surface area contributed by atoms with Gasteiger partial charge in [-0.15, -0.1) is 24.0 Å². The van der Waals surface area contributed by atoms with Crippen LogP contribution in [0.1, 0.15) is 25.8 Å². The summed E-state index contributed by atoms with van der Waals surface area (Å²) in [6, 6.07) is 5.53. The molecule has 108 valence electrons. The second kappa shape index (κ2) is 10.1. The molecule has 1 aromatic rings. The predicted molar refractivity (Wildman–Crippen MR) is 91.7 cm³/mol. The number of hydrogen-bond donors (Lipinski definition) is 2. The van der Waals surface area contributed by atoms with Crippen LogP contribution in [0.15, 0.2) is 23.2 Å². The molecule has 0 aliphatic carbocycles. The molecule has 1 rings (SSSR count). The minimum atomic E-state index is 0. The highest BCUT2D eigenvalue weighted by atomic mass is 127. The molecule has 1 aromatic carbocycles. The van der Waals surface area contributed by atoms with Crippen LogP contribution in [0.2, 0.25) is 5.02 Å².